The van der Waals surface area contributed by atoms with Gasteiger partial charge in [0.25, 0.3) is 0 Å². The predicted octanol–water partition coefficient (Wildman–Crippen LogP) is 1.80. The Kier molecular flexibility index (Phi) is 5.75. The Balaban J connectivity index is 2.70. The lowest BCUT2D eigenvalue weighted by atomic mass is 9.84. The van der Waals surface area contributed by atoms with E-state index in [1.165, 1.54) is 6.42 Å². The van der Waals surface area contributed by atoms with Gasteiger partial charge in [-0.3, -0.25) is 0 Å². The number of hydrogen-bond donors (Lipinski definition) is 2. The highest BCUT2D eigenvalue weighted by Crippen LogP contribution is 2.27. The van der Waals surface area contributed by atoms with E-state index in [0.29, 0.717) is 17.9 Å². The molecule has 1 heterocycles. The van der Waals surface area contributed by atoms with Crippen LogP contribution in [0.2, 0.25) is 0 Å². The number of carbonyl (C=O) groups excluding carboxylic acids is 1. The third-order valence-electron chi connectivity index (χ3n) is 3.62. The summed E-state index contributed by atoms with van der Waals surface area (Å²) in [5.41, 5.74) is 5.49. The van der Waals surface area contributed by atoms with E-state index in [-0.39, 0.29) is 6.03 Å². The molecule has 2 atom stereocenters. The fourth-order valence-electron chi connectivity index (χ4n) is 2.97. The molecule has 0 bridgehead atoms. The second-order valence-electron chi connectivity index (χ2n) is 5.54. The summed E-state index contributed by atoms with van der Waals surface area (Å²) in [5.74, 6) is 1.18. The van der Waals surface area contributed by atoms with Gasteiger partial charge in [0.2, 0.25) is 0 Å². The number of piperidine rings is 1. The van der Waals surface area contributed by atoms with Crippen LogP contribution >= 0.6 is 0 Å². The molecule has 0 spiro atoms. The van der Waals surface area contributed by atoms with E-state index < -0.39 is 0 Å². The average molecular weight is 241 g/mol. The van der Waals surface area contributed by atoms with Crippen LogP contribution in [0.25, 0.3) is 0 Å². The van der Waals surface area contributed by atoms with Gasteiger partial charge in [0.1, 0.15) is 0 Å². The number of urea groups is 1. The van der Waals surface area contributed by atoms with Crippen LogP contribution in [-0.2, 0) is 0 Å². The molecule has 1 rings (SSSR count). The van der Waals surface area contributed by atoms with Gasteiger partial charge in [0.05, 0.1) is 0 Å². The molecule has 3 N–H and O–H groups in total. The minimum absolute atomic E-state index is 0.250. The SMILES string of the molecule is CNCC(CC(C)C)C1CCCCN1C(N)=O. The van der Waals surface area contributed by atoms with Crippen LogP contribution < -0.4 is 11.1 Å². The Labute approximate surface area is 105 Å². The highest BCUT2D eigenvalue weighted by molar-refractivity contribution is 5.72. The molecule has 2 amide bonds. The summed E-state index contributed by atoms with van der Waals surface area (Å²) in [6.45, 7) is 6.27. The van der Waals surface area contributed by atoms with E-state index in [2.05, 4.69) is 19.2 Å². The van der Waals surface area contributed by atoms with Crippen molar-refractivity contribution in [3.05, 3.63) is 0 Å². The van der Waals surface area contributed by atoms with Crippen molar-refractivity contribution in [1.29, 1.82) is 0 Å². The number of primary amides is 1. The Morgan fingerprint density at radius 3 is 2.71 bits per heavy atom. The maximum absolute atomic E-state index is 11.5. The molecule has 1 aliphatic rings. The van der Waals surface area contributed by atoms with Gasteiger partial charge in [-0.15, -0.1) is 0 Å². The fraction of sp³-hybridized carbons (Fsp3) is 0.923. The summed E-state index contributed by atoms with van der Waals surface area (Å²) in [6.07, 6.45) is 4.55. The third kappa shape index (κ3) is 4.19. The molecular formula is C13H27N3O. The Morgan fingerprint density at radius 1 is 1.47 bits per heavy atom. The third-order valence-corrected chi connectivity index (χ3v) is 3.62. The van der Waals surface area contributed by atoms with E-state index in [1.807, 2.05) is 11.9 Å². The van der Waals surface area contributed by atoms with Crippen molar-refractivity contribution in [2.24, 2.45) is 17.6 Å². The number of nitrogens with zero attached hydrogens (tertiary/aromatic N) is 1. The normalized spacial score (nSPS) is 22.8. The van der Waals surface area contributed by atoms with Crippen LogP contribution in [0, 0.1) is 11.8 Å². The fourth-order valence-corrected chi connectivity index (χ4v) is 2.97. The van der Waals surface area contributed by atoms with Gasteiger partial charge < -0.3 is 16.0 Å². The molecule has 100 valence electrons. The van der Waals surface area contributed by atoms with Gasteiger partial charge in [0, 0.05) is 12.6 Å². The van der Waals surface area contributed by atoms with Crippen molar-refractivity contribution in [2.75, 3.05) is 20.1 Å². The van der Waals surface area contributed by atoms with Gasteiger partial charge in [-0.2, -0.15) is 0 Å². The van der Waals surface area contributed by atoms with Crippen LogP contribution in [0.15, 0.2) is 0 Å². The summed E-state index contributed by atoms with van der Waals surface area (Å²) in [7, 11) is 1.98. The molecule has 0 saturated carbocycles. The van der Waals surface area contributed by atoms with E-state index in [0.717, 1.165) is 32.4 Å². The Hall–Kier alpha value is -0.770. The summed E-state index contributed by atoms with van der Waals surface area (Å²) in [5, 5.41) is 3.25. The van der Waals surface area contributed by atoms with Crippen molar-refractivity contribution in [1.82, 2.24) is 10.2 Å². The average Bonchev–Trinajstić information content (AvgIpc) is 2.28. The summed E-state index contributed by atoms with van der Waals surface area (Å²) < 4.78 is 0. The van der Waals surface area contributed by atoms with Gasteiger partial charge in [-0.25, -0.2) is 4.79 Å². The Bertz CT molecular complexity index is 243. The minimum Gasteiger partial charge on any atom is -0.351 e. The van der Waals surface area contributed by atoms with E-state index >= 15 is 0 Å². The van der Waals surface area contributed by atoms with Crippen molar-refractivity contribution >= 4 is 6.03 Å². The largest absolute Gasteiger partial charge is 0.351 e. The maximum Gasteiger partial charge on any atom is 0.315 e. The van der Waals surface area contributed by atoms with E-state index in [9.17, 15) is 4.79 Å². The van der Waals surface area contributed by atoms with E-state index in [1.54, 1.807) is 0 Å². The van der Waals surface area contributed by atoms with Crippen LogP contribution in [0.4, 0.5) is 4.79 Å². The van der Waals surface area contributed by atoms with Crippen molar-refractivity contribution in [3.8, 4) is 0 Å². The molecule has 1 saturated heterocycles. The summed E-state index contributed by atoms with van der Waals surface area (Å²) in [4.78, 5) is 13.4. The summed E-state index contributed by atoms with van der Waals surface area (Å²) >= 11 is 0. The zero-order chi connectivity index (χ0) is 12.8. The van der Waals surface area contributed by atoms with Crippen LogP contribution in [-0.4, -0.2) is 37.1 Å². The quantitative estimate of drug-likeness (QED) is 0.771. The maximum atomic E-state index is 11.5. The monoisotopic (exact) mass is 241 g/mol. The number of nitrogens with two attached hydrogens (primary N) is 1. The standard InChI is InChI=1S/C13H27N3O/c1-10(2)8-11(9-15-3)12-6-4-5-7-16(12)13(14)17/h10-12,15H,4-9H2,1-3H3,(H2,14,17). The molecule has 1 fully saturated rings. The molecule has 0 aromatic carbocycles. The lowest BCUT2D eigenvalue weighted by Crippen LogP contribution is -2.51. The molecule has 17 heavy (non-hydrogen) atoms. The first-order chi connectivity index (χ1) is 8.06. The molecule has 1 aliphatic heterocycles. The van der Waals surface area contributed by atoms with Crippen molar-refractivity contribution in [3.63, 3.8) is 0 Å². The number of likely N-dealkylation sites (tertiary alicyclic amines) is 1. The number of rotatable bonds is 5. The van der Waals surface area contributed by atoms with Gasteiger partial charge in [-0.05, 0) is 51.1 Å². The molecule has 2 unspecified atom stereocenters. The molecule has 4 heteroatoms. The van der Waals surface area contributed by atoms with Gasteiger partial charge in [-0.1, -0.05) is 13.8 Å². The van der Waals surface area contributed by atoms with E-state index in [4.69, 9.17) is 5.73 Å². The minimum atomic E-state index is -0.250. The number of nitrogens with one attached hydrogen (secondary N) is 1. The lowest BCUT2D eigenvalue weighted by molar-refractivity contribution is 0.115. The first-order valence-electron chi connectivity index (χ1n) is 6.77. The topological polar surface area (TPSA) is 58.4 Å². The number of amides is 2. The highest BCUT2D eigenvalue weighted by Gasteiger charge is 2.31. The van der Waals surface area contributed by atoms with Gasteiger partial charge >= 0.3 is 6.03 Å². The number of carbonyl (C=O) groups is 1. The molecule has 4 nitrogen and oxygen atoms in total. The summed E-state index contributed by atoms with van der Waals surface area (Å²) in [6, 6.07) is 0.0793. The zero-order valence-electron chi connectivity index (χ0n) is 11.4. The first kappa shape index (κ1) is 14.3. The van der Waals surface area contributed by atoms with Crippen LogP contribution in [0.1, 0.15) is 39.5 Å². The Morgan fingerprint density at radius 2 is 2.18 bits per heavy atom. The highest BCUT2D eigenvalue weighted by atomic mass is 16.2. The van der Waals surface area contributed by atoms with Gasteiger partial charge in [0.15, 0.2) is 0 Å². The molecular weight excluding hydrogens is 214 g/mol. The second-order valence-corrected chi connectivity index (χ2v) is 5.54. The van der Waals surface area contributed by atoms with Crippen LogP contribution in [0.5, 0.6) is 0 Å². The first-order valence-corrected chi connectivity index (χ1v) is 6.77. The van der Waals surface area contributed by atoms with Crippen molar-refractivity contribution < 1.29 is 4.79 Å². The van der Waals surface area contributed by atoms with Crippen molar-refractivity contribution in [2.45, 2.75) is 45.6 Å². The van der Waals surface area contributed by atoms with Crippen LogP contribution in [0.3, 0.4) is 0 Å². The molecule has 0 aliphatic carbocycles. The second kappa shape index (κ2) is 6.84. The number of hydrogen-bond acceptors (Lipinski definition) is 2. The molecule has 0 radical (unpaired) electrons. The molecule has 0 aromatic heterocycles. The predicted molar refractivity (Wildman–Crippen MR) is 70.8 cm³/mol. The zero-order valence-corrected chi connectivity index (χ0v) is 11.4. The lowest BCUT2D eigenvalue weighted by Gasteiger charge is -2.40. The molecule has 0 aromatic rings. The smallest absolute Gasteiger partial charge is 0.315 e.